The molecule has 4 N–H and O–H groups in total. The molecule has 0 saturated carbocycles. The van der Waals surface area contributed by atoms with Crippen molar-refractivity contribution in [3.8, 4) is 0 Å². The molecule has 0 fully saturated rings. The number of nitro benzene ring substituents is 1. The number of urea groups is 1. The first-order chi connectivity index (χ1) is 11.9. The van der Waals surface area contributed by atoms with Gasteiger partial charge in [0, 0.05) is 17.8 Å². The summed E-state index contributed by atoms with van der Waals surface area (Å²) < 4.78 is 0. The maximum absolute atomic E-state index is 12.0. The Hall–Kier alpha value is -2.97. The third kappa shape index (κ3) is 5.00. The second-order valence-electron chi connectivity index (χ2n) is 5.55. The van der Waals surface area contributed by atoms with Crippen LogP contribution < -0.4 is 10.6 Å². The zero-order chi connectivity index (χ0) is 18.4. The van der Waals surface area contributed by atoms with Gasteiger partial charge in [0.25, 0.3) is 5.69 Å². The van der Waals surface area contributed by atoms with Gasteiger partial charge in [-0.1, -0.05) is 12.1 Å². The molecule has 2 aromatic carbocycles. The zero-order valence-electron chi connectivity index (χ0n) is 13.5. The summed E-state index contributed by atoms with van der Waals surface area (Å²) in [7, 11) is 0. The van der Waals surface area contributed by atoms with Gasteiger partial charge in [0.1, 0.15) is 6.10 Å². The maximum atomic E-state index is 12.0. The molecular weight excluding hydrogens is 326 g/mol. The van der Waals surface area contributed by atoms with Gasteiger partial charge in [0.15, 0.2) is 0 Å². The molecule has 25 heavy (non-hydrogen) atoms. The average Bonchev–Trinajstić information content (AvgIpc) is 2.59. The van der Waals surface area contributed by atoms with E-state index in [1.54, 1.807) is 18.2 Å². The van der Waals surface area contributed by atoms with Crippen LogP contribution in [0.3, 0.4) is 0 Å². The smallest absolute Gasteiger partial charge is 0.319 e. The maximum Gasteiger partial charge on any atom is 0.319 e. The summed E-state index contributed by atoms with van der Waals surface area (Å²) in [5.74, 6) is 0. The van der Waals surface area contributed by atoms with Crippen LogP contribution in [-0.2, 0) is 0 Å². The van der Waals surface area contributed by atoms with E-state index in [1.807, 2.05) is 13.0 Å². The van der Waals surface area contributed by atoms with Crippen molar-refractivity contribution in [3.05, 3.63) is 69.8 Å². The zero-order valence-corrected chi connectivity index (χ0v) is 13.5. The number of aliphatic hydroxyl groups excluding tert-OH is 2. The SMILES string of the molecule is Cc1cccc(NC(=O)NC(CO)C(O)c2ccc([N+](=O)[O-])cc2)c1. The fourth-order valence-corrected chi connectivity index (χ4v) is 2.31. The quantitative estimate of drug-likeness (QED) is 0.471. The van der Waals surface area contributed by atoms with Crippen LogP contribution in [0.2, 0.25) is 0 Å². The number of non-ortho nitro benzene ring substituents is 1. The first-order valence-corrected chi connectivity index (χ1v) is 7.58. The van der Waals surface area contributed by atoms with Gasteiger partial charge in [-0.2, -0.15) is 0 Å². The van der Waals surface area contributed by atoms with Crippen molar-refractivity contribution in [1.29, 1.82) is 0 Å². The Balaban J connectivity index is 2.02. The molecule has 0 aliphatic rings. The minimum atomic E-state index is -1.21. The second-order valence-corrected chi connectivity index (χ2v) is 5.55. The minimum Gasteiger partial charge on any atom is -0.394 e. The van der Waals surface area contributed by atoms with Gasteiger partial charge >= 0.3 is 6.03 Å². The normalized spacial score (nSPS) is 12.9. The highest BCUT2D eigenvalue weighted by Gasteiger charge is 2.23. The van der Waals surface area contributed by atoms with Crippen LogP contribution in [0.4, 0.5) is 16.2 Å². The average molecular weight is 345 g/mol. The molecule has 132 valence electrons. The standard InChI is InChI=1S/C17H19N3O5/c1-11-3-2-4-13(9-11)18-17(23)19-15(10-21)16(22)12-5-7-14(8-6-12)20(24)25/h2-9,15-16,21-22H,10H2,1H3,(H2,18,19,23). The van der Waals surface area contributed by atoms with E-state index in [0.717, 1.165) is 5.56 Å². The number of hydrogen-bond acceptors (Lipinski definition) is 5. The second kappa shape index (κ2) is 8.22. The van der Waals surface area contributed by atoms with Crippen molar-refractivity contribution < 1.29 is 19.9 Å². The van der Waals surface area contributed by atoms with E-state index in [2.05, 4.69) is 10.6 Å². The van der Waals surface area contributed by atoms with Gasteiger partial charge in [0.2, 0.25) is 0 Å². The van der Waals surface area contributed by atoms with Crippen LogP contribution in [0.15, 0.2) is 48.5 Å². The number of hydrogen-bond donors (Lipinski definition) is 4. The summed E-state index contributed by atoms with van der Waals surface area (Å²) in [5, 5.41) is 35.5. The molecule has 2 amide bonds. The molecule has 0 aliphatic heterocycles. The summed E-state index contributed by atoms with van der Waals surface area (Å²) in [4.78, 5) is 22.1. The van der Waals surface area contributed by atoms with Crippen LogP contribution in [0.5, 0.6) is 0 Å². The molecule has 2 atom stereocenters. The first kappa shape index (κ1) is 18.4. The van der Waals surface area contributed by atoms with E-state index in [9.17, 15) is 25.1 Å². The van der Waals surface area contributed by atoms with Gasteiger partial charge < -0.3 is 20.8 Å². The van der Waals surface area contributed by atoms with Crippen LogP contribution in [0.25, 0.3) is 0 Å². The van der Waals surface area contributed by atoms with Crippen molar-refractivity contribution >= 4 is 17.4 Å². The number of benzene rings is 2. The summed E-state index contributed by atoms with van der Waals surface area (Å²) in [5.41, 5.74) is 1.79. The lowest BCUT2D eigenvalue weighted by atomic mass is 10.0. The molecule has 0 radical (unpaired) electrons. The molecule has 0 aromatic heterocycles. The van der Waals surface area contributed by atoms with E-state index >= 15 is 0 Å². The lowest BCUT2D eigenvalue weighted by molar-refractivity contribution is -0.384. The number of aryl methyl sites for hydroxylation is 1. The Labute approximate surface area is 144 Å². The first-order valence-electron chi connectivity index (χ1n) is 7.58. The van der Waals surface area contributed by atoms with Crippen molar-refractivity contribution in [1.82, 2.24) is 5.32 Å². The van der Waals surface area contributed by atoms with Crippen LogP contribution >= 0.6 is 0 Å². The van der Waals surface area contributed by atoms with Crippen LogP contribution in [0, 0.1) is 17.0 Å². The predicted octanol–water partition coefficient (Wildman–Crippen LogP) is 2.12. The van der Waals surface area contributed by atoms with Crippen molar-refractivity contribution in [2.75, 3.05) is 11.9 Å². The molecule has 8 heteroatoms. The monoisotopic (exact) mass is 345 g/mol. The number of carbonyl (C=O) groups is 1. The van der Waals surface area contributed by atoms with Gasteiger partial charge in [-0.25, -0.2) is 4.79 Å². The molecule has 0 spiro atoms. The van der Waals surface area contributed by atoms with E-state index in [1.165, 1.54) is 24.3 Å². The Morgan fingerprint density at radius 2 is 1.92 bits per heavy atom. The molecule has 2 rings (SSSR count). The summed E-state index contributed by atoms with van der Waals surface area (Å²) in [6, 6.07) is 10.9. The Morgan fingerprint density at radius 3 is 2.48 bits per heavy atom. The third-order valence-corrected chi connectivity index (χ3v) is 3.62. The van der Waals surface area contributed by atoms with Gasteiger partial charge in [-0.05, 0) is 42.3 Å². The Morgan fingerprint density at radius 1 is 1.24 bits per heavy atom. The highest BCUT2D eigenvalue weighted by molar-refractivity contribution is 5.89. The van der Waals surface area contributed by atoms with Gasteiger partial charge in [-0.3, -0.25) is 10.1 Å². The molecule has 2 aromatic rings. The summed E-state index contributed by atoms with van der Waals surface area (Å²) in [6.07, 6.45) is -1.21. The number of nitro groups is 1. The van der Waals surface area contributed by atoms with Crippen LogP contribution in [0.1, 0.15) is 17.2 Å². The van der Waals surface area contributed by atoms with Gasteiger partial charge in [-0.15, -0.1) is 0 Å². The summed E-state index contributed by atoms with van der Waals surface area (Å²) in [6.45, 7) is 1.39. The predicted molar refractivity (Wildman–Crippen MR) is 92.3 cm³/mol. The molecule has 0 bridgehead atoms. The lowest BCUT2D eigenvalue weighted by Gasteiger charge is -2.22. The number of nitrogens with zero attached hydrogens (tertiary/aromatic N) is 1. The number of rotatable bonds is 6. The molecule has 0 saturated heterocycles. The van der Waals surface area contributed by atoms with Crippen molar-refractivity contribution in [3.63, 3.8) is 0 Å². The topological polar surface area (TPSA) is 125 Å². The number of anilines is 1. The van der Waals surface area contributed by atoms with Gasteiger partial charge in [0.05, 0.1) is 17.6 Å². The number of carbonyl (C=O) groups excluding carboxylic acids is 1. The van der Waals surface area contributed by atoms with E-state index in [0.29, 0.717) is 11.3 Å². The minimum absolute atomic E-state index is 0.110. The summed E-state index contributed by atoms with van der Waals surface area (Å²) >= 11 is 0. The Kier molecular flexibility index (Phi) is 6.04. The molecule has 2 unspecified atom stereocenters. The van der Waals surface area contributed by atoms with E-state index in [-0.39, 0.29) is 5.69 Å². The van der Waals surface area contributed by atoms with Crippen molar-refractivity contribution in [2.45, 2.75) is 19.1 Å². The number of aliphatic hydroxyl groups is 2. The van der Waals surface area contributed by atoms with Crippen LogP contribution in [-0.4, -0.2) is 33.8 Å². The number of nitrogens with one attached hydrogen (secondary N) is 2. The van der Waals surface area contributed by atoms with E-state index < -0.39 is 29.7 Å². The highest BCUT2D eigenvalue weighted by atomic mass is 16.6. The van der Waals surface area contributed by atoms with E-state index in [4.69, 9.17) is 0 Å². The fourth-order valence-electron chi connectivity index (χ4n) is 2.31. The number of amides is 2. The highest BCUT2D eigenvalue weighted by Crippen LogP contribution is 2.20. The molecule has 0 aliphatic carbocycles. The largest absolute Gasteiger partial charge is 0.394 e. The third-order valence-electron chi connectivity index (χ3n) is 3.62. The lowest BCUT2D eigenvalue weighted by Crippen LogP contribution is -2.44. The molecule has 0 heterocycles. The molecule has 8 nitrogen and oxygen atoms in total. The molecular formula is C17H19N3O5. The Bertz CT molecular complexity index is 748. The fraction of sp³-hybridized carbons (Fsp3) is 0.235. The van der Waals surface area contributed by atoms with Crippen molar-refractivity contribution in [2.24, 2.45) is 0 Å².